The highest BCUT2D eigenvalue weighted by Gasteiger charge is 2.04. The van der Waals surface area contributed by atoms with E-state index in [1.54, 1.807) is 11.8 Å². The molecule has 1 aromatic heterocycles. The van der Waals surface area contributed by atoms with Gasteiger partial charge in [-0.15, -0.1) is 11.8 Å². The Morgan fingerprint density at radius 3 is 2.89 bits per heavy atom. The van der Waals surface area contributed by atoms with Gasteiger partial charge in [0.2, 0.25) is 5.91 Å². The Labute approximate surface area is 121 Å². The molecule has 1 aromatic carbocycles. The number of thioether (sulfide) groups is 1. The molecule has 1 amide bonds. The number of rotatable bonds is 6. The lowest BCUT2D eigenvalue weighted by Gasteiger charge is -2.05. The Balaban J connectivity index is 1.68. The zero-order valence-electron chi connectivity index (χ0n) is 10.4. The second kappa shape index (κ2) is 7.26. The molecule has 1 heterocycles. The first kappa shape index (κ1) is 14.0. The van der Waals surface area contributed by atoms with E-state index in [2.05, 4.69) is 10.3 Å². The van der Waals surface area contributed by atoms with Crippen molar-refractivity contribution in [3.05, 3.63) is 53.3 Å². The van der Waals surface area contributed by atoms with Gasteiger partial charge in [0.25, 0.3) is 0 Å². The zero-order valence-corrected chi connectivity index (χ0v) is 11.9. The van der Waals surface area contributed by atoms with Crippen LogP contribution in [-0.2, 0) is 11.3 Å². The number of benzene rings is 1. The fraction of sp³-hybridized carbons (Fsp3) is 0.214. The third-order valence-corrected chi connectivity index (χ3v) is 4.09. The number of aromatic amines is 1. The number of carbonyl (C=O) groups excluding carboxylic acids is 1. The Morgan fingerprint density at radius 1 is 1.32 bits per heavy atom. The third-order valence-electron chi connectivity index (χ3n) is 2.58. The van der Waals surface area contributed by atoms with Crippen LogP contribution in [0.1, 0.15) is 12.0 Å². The zero-order chi connectivity index (χ0) is 13.5. The molecule has 0 spiro atoms. The van der Waals surface area contributed by atoms with Crippen LogP contribution in [0.4, 0.5) is 0 Å². The van der Waals surface area contributed by atoms with E-state index in [0.29, 0.717) is 13.0 Å². The first-order chi connectivity index (χ1) is 9.25. The molecular weight excluding hydrogens is 280 g/mol. The lowest BCUT2D eigenvalue weighted by atomic mass is 10.3. The van der Waals surface area contributed by atoms with Gasteiger partial charge < -0.3 is 10.3 Å². The topological polar surface area (TPSA) is 44.9 Å². The van der Waals surface area contributed by atoms with Crippen LogP contribution >= 0.6 is 23.4 Å². The monoisotopic (exact) mass is 294 g/mol. The van der Waals surface area contributed by atoms with Crippen molar-refractivity contribution < 1.29 is 4.79 Å². The molecule has 0 aliphatic rings. The number of hydrogen-bond donors (Lipinski definition) is 2. The highest BCUT2D eigenvalue weighted by Crippen LogP contribution is 2.26. The van der Waals surface area contributed by atoms with Gasteiger partial charge in [-0.2, -0.15) is 0 Å². The Bertz CT molecular complexity index is 528. The Morgan fingerprint density at radius 2 is 2.16 bits per heavy atom. The van der Waals surface area contributed by atoms with Crippen molar-refractivity contribution in [3.8, 4) is 0 Å². The summed E-state index contributed by atoms with van der Waals surface area (Å²) in [5.41, 5.74) is 1.08. The molecule has 2 rings (SSSR count). The van der Waals surface area contributed by atoms with Gasteiger partial charge in [-0.3, -0.25) is 4.79 Å². The SMILES string of the molecule is O=C(CCSc1ccccc1Cl)NCc1cc[nH]c1. The number of amides is 1. The molecule has 100 valence electrons. The van der Waals surface area contributed by atoms with E-state index in [9.17, 15) is 4.79 Å². The summed E-state index contributed by atoms with van der Waals surface area (Å²) in [7, 11) is 0. The van der Waals surface area contributed by atoms with Crippen LogP contribution in [0, 0.1) is 0 Å². The van der Waals surface area contributed by atoms with Gasteiger partial charge in [0.15, 0.2) is 0 Å². The standard InChI is InChI=1S/C14H15ClN2OS/c15-12-3-1-2-4-13(12)19-8-6-14(18)17-10-11-5-7-16-9-11/h1-5,7,9,16H,6,8,10H2,(H,17,18). The smallest absolute Gasteiger partial charge is 0.221 e. The second-order valence-electron chi connectivity index (χ2n) is 4.02. The quantitative estimate of drug-likeness (QED) is 0.801. The van der Waals surface area contributed by atoms with Gasteiger partial charge in [-0.05, 0) is 23.8 Å². The number of hydrogen-bond acceptors (Lipinski definition) is 2. The van der Waals surface area contributed by atoms with E-state index in [4.69, 9.17) is 11.6 Å². The maximum Gasteiger partial charge on any atom is 0.221 e. The third kappa shape index (κ3) is 4.65. The second-order valence-corrected chi connectivity index (χ2v) is 5.57. The highest BCUT2D eigenvalue weighted by molar-refractivity contribution is 7.99. The van der Waals surface area contributed by atoms with Crippen molar-refractivity contribution in [3.63, 3.8) is 0 Å². The van der Waals surface area contributed by atoms with E-state index >= 15 is 0 Å². The van der Waals surface area contributed by atoms with E-state index in [1.165, 1.54) is 0 Å². The van der Waals surface area contributed by atoms with Crippen LogP contribution in [0.3, 0.4) is 0 Å². The van der Waals surface area contributed by atoms with Crippen LogP contribution < -0.4 is 5.32 Å². The van der Waals surface area contributed by atoms with E-state index < -0.39 is 0 Å². The molecule has 19 heavy (non-hydrogen) atoms. The first-order valence-corrected chi connectivity index (χ1v) is 7.38. The molecule has 3 nitrogen and oxygen atoms in total. The predicted molar refractivity (Wildman–Crippen MR) is 79.4 cm³/mol. The predicted octanol–water partition coefficient (Wildman–Crippen LogP) is 3.47. The Kier molecular flexibility index (Phi) is 5.36. The molecule has 2 aromatic rings. The molecule has 0 fully saturated rings. The van der Waals surface area contributed by atoms with Crippen LogP contribution in [-0.4, -0.2) is 16.6 Å². The number of carbonyl (C=O) groups is 1. The van der Waals surface area contributed by atoms with Gasteiger partial charge in [-0.1, -0.05) is 23.7 Å². The normalized spacial score (nSPS) is 10.4. The largest absolute Gasteiger partial charge is 0.367 e. The molecule has 0 radical (unpaired) electrons. The van der Waals surface area contributed by atoms with E-state index in [-0.39, 0.29) is 5.91 Å². The highest BCUT2D eigenvalue weighted by atomic mass is 35.5. The van der Waals surface area contributed by atoms with Gasteiger partial charge in [0, 0.05) is 36.0 Å². The Hall–Kier alpha value is -1.39. The molecular formula is C14H15ClN2OS. The minimum Gasteiger partial charge on any atom is -0.367 e. The summed E-state index contributed by atoms with van der Waals surface area (Å²) in [6.45, 7) is 0.569. The first-order valence-electron chi connectivity index (χ1n) is 6.01. The molecule has 5 heteroatoms. The fourth-order valence-electron chi connectivity index (χ4n) is 1.57. The van der Waals surface area contributed by atoms with Crippen molar-refractivity contribution in [2.75, 3.05) is 5.75 Å². The average molecular weight is 295 g/mol. The molecule has 0 bridgehead atoms. The maximum atomic E-state index is 11.6. The minimum atomic E-state index is 0.0563. The molecule has 2 N–H and O–H groups in total. The van der Waals surface area contributed by atoms with Crippen molar-refractivity contribution in [1.29, 1.82) is 0 Å². The van der Waals surface area contributed by atoms with Crippen LogP contribution in [0.15, 0.2) is 47.6 Å². The summed E-state index contributed by atoms with van der Waals surface area (Å²) in [5, 5.41) is 3.62. The molecule has 0 atom stereocenters. The lowest BCUT2D eigenvalue weighted by Crippen LogP contribution is -2.22. The summed E-state index contributed by atoms with van der Waals surface area (Å²) in [4.78, 5) is 15.6. The van der Waals surface area contributed by atoms with Gasteiger partial charge in [0.05, 0.1) is 5.02 Å². The molecule has 0 saturated heterocycles. The van der Waals surface area contributed by atoms with E-state index in [1.807, 2.05) is 42.7 Å². The molecule has 0 aliphatic carbocycles. The number of aromatic nitrogens is 1. The maximum absolute atomic E-state index is 11.6. The fourth-order valence-corrected chi connectivity index (χ4v) is 2.76. The van der Waals surface area contributed by atoms with Crippen molar-refractivity contribution in [2.24, 2.45) is 0 Å². The minimum absolute atomic E-state index is 0.0563. The molecule has 0 saturated carbocycles. The number of nitrogens with one attached hydrogen (secondary N) is 2. The summed E-state index contributed by atoms with van der Waals surface area (Å²) in [6, 6.07) is 9.61. The molecule has 0 aliphatic heterocycles. The summed E-state index contributed by atoms with van der Waals surface area (Å²) in [5.74, 6) is 0.781. The van der Waals surface area contributed by atoms with E-state index in [0.717, 1.165) is 21.2 Å². The van der Waals surface area contributed by atoms with Crippen LogP contribution in [0.25, 0.3) is 0 Å². The summed E-state index contributed by atoms with van der Waals surface area (Å²) >= 11 is 7.64. The van der Waals surface area contributed by atoms with Gasteiger partial charge in [0.1, 0.15) is 0 Å². The van der Waals surface area contributed by atoms with Crippen molar-refractivity contribution >= 4 is 29.3 Å². The van der Waals surface area contributed by atoms with Crippen molar-refractivity contribution in [1.82, 2.24) is 10.3 Å². The van der Waals surface area contributed by atoms with Crippen molar-refractivity contribution in [2.45, 2.75) is 17.9 Å². The number of halogens is 1. The average Bonchev–Trinajstić information content (AvgIpc) is 2.92. The lowest BCUT2D eigenvalue weighted by molar-refractivity contribution is -0.120. The van der Waals surface area contributed by atoms with Gasteiger partial charge >= 0.3 is 0 Å². The van der Waals surface area contributed by atoms with Crippen LogP contribution in [0.2, 0.25) is 5.02 Å². The van der Waals surface area contributed by atoms with Gasteiger partial charge in [-0.25, -0.2) is 0 Å². The summed E-state index contributed by atoms with van der Waals surface area (Å²) in [6.07, 6.45) is 4.20. The number of H-pyrrole nitrogens is 1. The van der Waals surface area contributed by atoms with Crippen LogP contribution in [0.5, 0.6) is 0 Å². The molecule has 0 unspecified atom stereocenters. The summed E-state index contributed by atoms with van der Waals surface area (Å²) < 4.78 is 0.